The Kier molecular flexibility index (Phi) is 9.51. The molecule has 6 nitrogen and oxygen atoms in total. The third-order valence-electron chi connectivity index (χ3n) is 5.34. The molecule has 0 bridgehead atoms. The molecule has 0 radical (unpaired) electrons. The number of aliphatic hydroxyl groups excluding tert-OH is 1. The molecular weight excluding hydrogens is 410 g/mol. The number of ether oxygens (including phenoxy) is 1. The molecule has 0 aliphatic heterocycles. The zero-order valence-corrected chi connectivity index (χ0v) is 17.9. The highest BCUT2D eigenvalue weighted by atomic mass is 79.9. The van der Waals surface area contributed by atoms with Crippen molar-refractivity contribution in [3.8, 4) is 0 Å². The number of halogens is 1. The Hall–Kier alpha value is -1.18. The van der Waals surface area contributed by atoms with Crippen LogP contribution in [0.25, 0.3) is 0 Å². The van der Waals surface area contributed by atoms with E-state index >= 15 is 0 Å². The Morgan fingerprint density at radius 1 is 1.37 bits per heavy atom. The molecule has 1 aliphatic carbocycles. The second kappa shape index (κ2) is 11.6. The number of nitrogens with zero attached hydrogens (tertiary/aromatic N) is 1. The van der Waals surface area contributed by atoms with Gasteiger partial charge in [-0.1, -0.05) is 32.6 Å². The fourth-order valence-electron chi connectivity index (χ4n) is 3.74. The molecule has 152 valence electrons. The van der Waals surface area contributed by atoms with Gasteiger partial charge in [-0.25, -0.2) is 9.78 Å². The van der Waals surface area contributed by atoms with Gasteiger partial charge < -0.3 is 20.5 Å². The van der Waals surface area contributed by atoms with Gasteiger partial charge in [0.1, 0.15) is 11.4 Å². The molecule has 1 aromatic rings. The standard InChI is InChI=1S/C20H32BrN3O3/c1-3-18(24-16-8-6-4-5-7-9-16)14(13-25)11-22-19-17(20(26)27-2)10-15(21)12-23-19/h10,12,14,16,18,24-25H,3-9,11,13H2,1-2H3,(H,22,23). The van der Waals surface area contributed by atoms with Crippen LogP contribution < -0.4 is 10.6 Å². The largest absolute Gasteiger partial charge is 0.465 e. The van der Waals surface area contributed by atoms with Crippen LogP contribution in [0.3, 0.4) is 0 Å². The molecule has 1 heterocycles. The van der Waals surface area contributed by atoms with E-state index in [0.29, 0.717) is 28.4 Å². The lowest BCUT2D eigenvalue weighted by Gasteiger charge is -2.30. The first-order valence-corrected chi connectivity index (χ1v) is 10.7. The second-order valence-electron chi connectivity index (χ2n) is 7.23. The number of aromatic nitrogens is 1. The molecule has 1 aliphatic rings. The Morgan fingerprint density at radius 3 is 2.67 bits per heavy atom. The summed E-state index contributed by atoms with van der Waals surface area (Å²) in [4.78, 5) is 16.3. The summed E-state index contributed by atoms with van der Waals surface area (Å²) in [5, 5.41) is 17.0. The molecule has 2 atom stereocenters. The lowest BCUT2D eigenvalue weighted by atomic mass is 9.95. The topological polar surface area (TPSA) is 83.5 Å². The Labute approximate surface area is 170 Å². The molecule has 0 saturated heterocycles. The molecule has 2 rings (SSSR count). The number of carbonyl (C=O) groups is 1. The maximum atomic E-state index is 12.0. The van der Waals surface area contributed by atoms with Crippen LogP contribution in [0.1, 0.15) is 62.2 Å². The van der Waals surface area contributed by atoms with Crippen molar-refractivity contribution in [1.82, 2.24) is 10.3 Å². The lowest BCUT2D eigenvalue weighted by molar-refractivity contribution is 0.0601. The van der Waals surface area contributed by atoms with Crippen LogP contribution in [0.5, 0.6) is 0 Å². The first kappa shape index (κ1) is 22.1. The van der Waals surface area contributed by atoms with E-state index in [1.54, 1.807) is 12.3 Å². The van der Waals surface area contributed by atoms with Crippen LogP contribution in [0.4, 0.5) is 5.82 Å². The van der Waals surface area contributed by atoms with E-state index in [0.717, 1.165) is 6.42 Å². The Bertz CT molecular complexity index is 592. The summed E-state index contributed by atoms with van der Waals surface area (Å²) in [6.45, 7) is 2.76. The number of aliphatic hydroxyl groups is 1. The number of hydrogen-bond donors (Lipinski definition) is 3. The number of pyridine rings is 1. The highest BCUT2D eigenvalue weighted by Gasteiger charge is 2.24. The minimum absolute atomic E-state index is 0.0363. The van der Waals surface area contributed by atoms with Crippen LogP contribution >= 0.6 is 15.9 Å². The van der Waals surface area contributed by atoms with Crippen LogP contribution in [-0.2, 0) is 4.74 Å². The summed E-state index contributed by atoms with van der Waals surface area (Å²) in [5.74, 6) is 0.0810. The summed E-state index contributed by atoms with van der Waals surface area (Å²) in [6, 6.07) is 2.45. The van der Waals surface area contributed by atoms with E-state index in [9.17, 15) is 9.90 Å². The van der Waals surface area contributed by atoms with E-state index in [-0.39, 0.29) is 18.6 Å². The number of nitrogens with one attached hydrogen (secondary N) is 2. The first-order valence-electron chi connectivity index (χ1n) is 9.93. The van der Waals surface area contributed by atoms with Crippen molar-refractivity contribution in [3.05, 3.63) is 22.3 Å². The quantitative estimate of drug-likeness (QED) is 0.399. The number of esters is 1. The molecule has 7 heteroatoms. The predicted octanol–water partition coefficient (Wildman–Crippen LogP) is 3.74. The van der Waals surface area contributed by atoms with Gasteiger partial charge in [-0.15, -0.1) is 0 Å². The smallest absolute Gasteiger partial charge is 0.341 e. The highest BCUT2D eigenvalue weighted by Crippen LogP contribution is 2.22. The molecule has 0 spiro atoms. The predicted molar refractivity (Wildman–Crippen MR) is 111 cm³/mol. The van der Waals surface area contributed by atoms with Crippen LogP contribution in [0, 0.1) is 5.92 Å². The summed E-state index contributed by atoms with van der Waals surface area (Å²) < 4.78 is 5.56. The number of rotatable bonds is 9. The third-order valence-corrected chi connectivity index (χ3v) is 5.77. The summed E-state index contributed by atoms with van der Waals surface area (Å²) in [7, 11) is 1.35. The van der Waals surface area contributed by atoms with Gasteiger partial charge in [-0.05, 0) is 41.3 Å². The van der Waals surface area contributed by atoms with Crippen molar-refractivity contribution >= 4 is 27.7 Å². The number of methoxy groups -OCH3 is 1. The molecule has 0 aromatic carbocycles. The molecule has 2 unspecified atom stereocenters. The van der Waals surface area contributed by atoms with Crippen molar-refractivity contribution in [1.29, 1.82) is 0 Å². The molecule has 27 heavy (non-hydrogen) atoms. The molecule has 1 fully saturated rings. The number of carbonyl (C=O) groups excluding carboxylic acids is 1. The summed E-state index contributed by atoms with van der Waals surface area (Å²) >= 11 is 3.34. The maximum Gasteiger partial charge on any atom is 0.341 e. The van der Waals surface area contributed by atoms with Crippen molar-refractivity contribution < 1.29 is 14.6 Å². The monoisotopic (exact) mass is 441 g/mol. The molecule has 0 amide bonds. The SMILES string of the molecule is CCC(NC1CCCCCC1)C(CO)CNc1ncc(Br)cc1C(=O)OC. The van der Waals surface area contributed by atoms with Crippen molar-refractivity contribution in [2.24, 2.45) is 5.92 Å². The van der Waals surface area contributed by atoms with Crippen molar-refractivity contribution in [2.75, 3.05) is 25.6 Å². The Balaban J connectivity index is 2.01. The van der Waals surface area contributed by atoms with E-state index in [2.05, 4.69) is 38.5 Å². The van der Waals surface area contributed by atoms with Gasteiger partial charge in [0.2, 0.25) is 0 Å². The molecule has 3 N–H and O–H groups in total. The van der Waals surface area contributed by atoms with Gasteiger partial charge >= 0.3 is 5.97 Å². The molecule has 1 saturated carbocycles. The van der Waals surface area contributed by atoms with Crippen molar-refractivity contribution in [3.63, 3.8) is 0 Å². The normalized spacial score (nSPS) is 17.8. The Morgan fingerprint density at radius 2 is 2.07 bits per heavy atom. The van der Waals surface area contributed by atoms with Crippen molar-refractivity contribution in [2.45, 2.75) is 64.0 Å². The number of anilines is 1. The zero-order valence-electron chi connectivity index (χ0n) is 16.3. The second-order valence-corrected chi connectivity index (χ2v) is 8.15. The molecule has 1 aromatic heterocycles. The lowest BCUT2D eigenvalue weighted by Crippen LogP contribution is -2.45. The van der Waals surface area contributed by atoms with Gasteiger partial charge in [-0.2, -0.15) is 0 Å². The van der Waals surface area contributed by atoms with E-state index in [1.807, 2.05) is 0 Å². The van der Waals surface area contributed by atoms with E-state index < -0.39 is 5.97 Å². The zero-order chi connectivity index (χ0) is 19.6. The average molecular weight is 442 g/mol. The van der Waals surface area contributed by atoms with Gasteiger partial charge in [0.25, 0.3) is 0 Å². The minimum Gasteiger partial charge on any atom is -0.465 e. The van der Waals surface area contributed by atoms with Crippen LogP contribution in [-0.4, -0.2) is 48.4 Å². The van der Waals surface area contributed by atoms with Crippen LogP contribution in [0.15, 0.2) is 16.7 Å². The molecular formula is C20H32BrN3O3. The number of hydrogen-bond acceptors (Lipinski definition) is 6. The third kappa shape index (κ3) is 6.73. The van der Waals surface area contributed by atoms with E-state index in [4.69, 9.17) is 4.74 Å². The summed E-state index contributed by atoms with van der Waals surface area (Å²) in [5.41, 5.74) is 0.383. The first-order chi connectivity index (χ1) is 13.1. The van der Waals surface area contributed by atoms with Crippen LogP contribution in [0.2, 0.25) is 0 Å². The van der Waals surface area contributed by atoms with Gasteiger partial charge in [0.05, 0.1) is 7.11 Å². The van der Waals surface area contributed by atoms with Gasteiger partial charge in [0, 0.05) is 41.8 Å². The highest BCUT2D eigenvalue weighted by molar-refractivity contribution is 9.10. The van der Waals surface area contributed by atoms with E-state index in [1.165, 1.54) is 45.6 Å². The summed E-state index contributed by atoms with van der Waals surface area (Å²) in [6.07, 6.45) is 10.2. The fourth-order valence-corrected chi connectivity index (χ4v) is 4.07. The fraction of sp³-hybridized carbons (Fsp3) is 0.700. The van der Waals surface area contributed by atoms with Gasteiger partial charge in [0.15, 0.2) is 0 Å². The minimum atomic E-state index is -0.435. The van der Waals surface area contributed by atoms with Gasteiger partial charge in [-0.3, -0.25) is 0 Å². The maximum absolute atomic E-state index is 12.0. The average Bonchev–Trinajstić information content (AvgIpc) is 2.96.